The summed E-state index contributed by atoms with van der Waals surface area (Å²) < 4.78 is 6.00. The highest BCUT2D eigenvalue weighted by Crippen LogP contribution is 2.26. The van der Waals surface area contributed by atoms with Crippen molar-refractivity contribution in [2.45, 2.75) is 26.4 Å². The molecule has 0 fully saturated rings. The standard InChI is InChI=1S/C20H21N3O2/c1-14-12-18(25-15(2)16-6-4-3-5-7-16)8-9-19(14)22-20(24)13-17-10-11-21-23-17/h3-12,15H,13H2,1-2H3,(H,21,23)(H,22,24)/t15-/m1/s1. The van der Waals surface area contributed by atoms with Gasteiger partial charge in [-0.2, -0.15) is 5.10 Å². The van der Waals surface area contributed by atoms with E-state index in [-0.39, 0.29) is 18.4 Å². The molecule has 25 heavy (non-hydrogen) atoms. The molecule has 5 heteroatoms. The number of nitrogens with zero attached hydrogens (tertiary/aromatic N) is 1. The first-order valence-electron chi connectivity index (χ1n) is 8.22. The van der Waals surface area contributed by atoms with Crippen molar-refractivity contribution in [3.8, 4) is 5.75 Å². The summed E-state index contributed by atoms with van der Waals surface area (Å²) in [6, 6.07) is 17.5. The highest BCUT2D eigenvalue weighted by Gasteiger charge is 2.10. The minimum atomic E-state index is -0.0846. The molecule has 0 saturated heterocycles. The number of H-pyrrole nitrogens is 1. The number of amides is 1. The Morgan fingerprint density at radius 1 is 1.20 bits per heavy atom. The summed E-state index contributed by atoms with van der Waals surface area (Å²) in [7, 11) is 0. The van der Waals surface area contributed by atoms with E-state index in [1.807, 2.05) is 62.4 Å². The second-order valence-corrected chi connectivity index (χ2v) is 5.95. The predicted octanol–water partition coefficient (Wildman–Crippen LogP) is 4.04. The SMILES string of the molecule is Cc1cc(O[C@H](C)c2ccccc2)ccc1NC(=O)Cc1ccn[nH]1. The van der Waals surface area contributed by atoms with Gasteiger partial charge in [0.05, 0.1) is 6.42 Å². The maximum Gasteiger partial charge on any atom is 0.230 e. The topological polar surface area (TPSA) is 67.0 Å². The van der Waals surface area contributed by atoms with Crippen molar-refractivity contribution in [3.63, 3.8) is 0 Å². The first kappa shape index (κ1) is 16.8. The van der Waals surface area contributed by atoms with Gasteiger partial charge >= 0.3 is 0 Å². The Hall–Kier alpha value is -3.08. The summed E-state index contributed by atoms with van der Waals surface area (Å²) in [6.07, 6.45) is 1.86. The molecule has 0 spiro atoms. The Bertz CT molecular complexity index is 829. The van der Waals surface area contributed by atoms with Crippen LogP contribution in [0.3, 0.4) is 0 Å². The Morgan fingerprint density at radius 2 is 2.00 bits per heavy atom. The molecule has 128 valence electrons. The van der Waals surface area contributed by atoms with Crippen molar-refractivity contribution >= 4 is 11.6 Å². The van der Waals surface area contributed by atoms with Crippen LogP contribution in [0.15, 0.2) is 60.8 Å². The molecule has 0 bridgehead atoms. The number of rotatable bonds is 6. The quantitative estimate of drug-likeness (QED) is 0.714. The minimum absolute atomic E-state index is 0.0404. The lowest BCUT2D eigenvalue weighted by Crippen LogP contribution is -2.15. The number of hydrogen-bond donors (Lipinski definition) is 2. The Balaban J connectivity index is 1.63. The number of nitrogens with one attached hydrogen (secondary N) is 2. The molecule has 1 aromatic heterocycles. The smallest absolute Gasteiger partial charge is 0.230 e. The third-order valence-corrected chi connectivity index (χ3v) is 3.96. The van der Waals surface area contributed by atoms with E-state index in [2.05, 4.69) is 15.5 Å². The predicted molar refractivity (Wildman–Crippen MR) is 97.6 cm³/mol. The van der Waals surface area contributed by atoms with Crippen LogP contribution in [-0.4, -0.2) is 16.1 Å². The number of aromatic nitrogens is 2. The molecule has 3 rings (SSSR count). The van der Waals surface area contributed by atoms with Gasteiger partial charge in [-0.25, -0.2) is 0 Å². The van der Waals surface area contributed by atoms with E-state index in [1.165, 1.54) is 0 Å². The van der Waals surface area contributed by atoms with Crippen LogP contribution in [0, 0.1) is 6.92 Å². The van der Waals surface area contributed by atoms with E-state index >= 15 is 0 Å². The fourth-order valence-electron chi connectivity index (χ4n) is 2.60. The van der Waals surface area contributed by atoms with Crippen molar-refractivity contribution in [2.24, 2.45) is 0 Å². The normalized spacial score (nSPS) is 11.8. The van der Waals surface area contributed by atoms with E-state index in [9.17, 15) is 4.79 Å². The number of benzene rings is 2. The number of aromatic amines is 1. The molecular formula is C20H21N3O2. The molecule has 3 aromatic rings. The van der Waals surface area contributed by atoms with E-state index in [1.54, 1.807) is 12.3 Å². The molecular weight excluding hydrogens is 314 g/mol. The van der Waals surface area contributed by atoms with Crippen molar-refractivity contribution in [1.29, 1.82) is 0 Å². The summed E-state index contributed by atoms with van der Waals surface area (Å²) in [5.41, 5.74) is 3.64. The van der Waals surface area contributed by atoms with E-state index < -0.39 is 0 Å². The molecule has 2 N–H and O–H groups in total. The largest absolute Gasteiger partial charge is 0.486 e. The monoisotopic (exact) mass is 335 g/mol. The van der Waals surface area contributed by atoms with Gasteiger partial charge in [-0.1, -0.05) is 30.3 Å². The molecule has 1 heterocycles. The zero-order chi connectivity index (χ0) is 17.6. The second-order valence-electron chi connectivity index (χ2n) is 5.95. The lowest BCUT2D eigenvalue weighted by molar-refractivity contribution is -0.115. The Morgan fingerprint density at radius 3 is 2.68 bits per heavy atom. The van der Waals surface area contributed by atoms with Crippen LogP contribution in [0.25, 0.3) is 0 Å². The van der Waals surface area contributed by atoms with Gasteiger partial charge in [0.2, 0.25) is 5.91 Å². The molecule has 0 saturated carbocycles. The maximum atomic E-state index is 12.1. The summed E-state index contributed by atoms with van der Waals surface area (Å²) in [6.45, 7) is 3.97. The molecule has 0 aliphatic heterocycles. The molecule has 1 atom stereocenters. The zero-order valence-corrected chi connectivity index (χ0v) is 14.3. The van der Waals surface area contributed by atoms with Gasteiger partial charge < -0.3 is 10.1 Å². The molecule has 0 aliphatic rings. The average molecular weight is 335 g/mol. The van der Waals surface area contributed by atoms with Crippen LogP contribution in [0.1, 0.15) is 29.8 Å². The van der Waals surface area contributed by atoms with Gasteiger partial charge in [0.15, 0.2) is 0 Å². The summed E-state index contributed by atoms with van der Waals surface area (Å²) in [4.78, 5) is 12.1. The number of anilines is 1. The fraction of sp³-hybridized carbons (Fsp3) is 0.200. The minimum Gasteiger partial charge on any atom is -0.486 e. The average Bonchev–Trinajstić information content (AvgIpc) is 3.11. The number of carbonyl (C=O) groups excluding carboxylic acids is 1. The summed E-state index contributed by atoms with van der Waals surface area (Å²) in [5.74, 6) is 0.694. The Kier molecular flexibility index (Phi) is 5.14. The van der Waals surface area contributed by atoms with Crippen LogP contribution in [0.4, 0.5) is 5.69 Å². The number of ether oxygens (including phenoxy) is 1. The van der Waals surface area contributed by atoms with E-state index in [0.717, 1.165) is 28.3 Å². The van der Waals surface area contributed by atoms with Crippen molar-refractivity contribution in [2.75, 3.05) is 5.32 Å². The van der Waals surface area contributed by atoms with Gasteiger partial charge in [0.1, 0.15) is 11.9 Å². The number of hydrogen-bond acceptors (Lipinski definition) is 3. The molecule has 2 aromatic carbocycles. The van der Waals surface area contributed by atoms with Crippen molar-refractivity contribution in [3.05, 3.63) is 77.6 Å². The Labute approximate surface area is 147 Å². The van der Waals surface area contributed by atoms with Crippen LogP contribution >= 0.6 is 0 Å². The number of aryl methyl sites for hydroxylation is 1. The molecule has 0 unspecified atom stereocenters. The van der Waals surface area contributed by atoms with Gasteiger partial charge in [-0.15, -0.1) is 0 Å². The third-order valence-electron chi connectivity index (χ3n) is 3.96. The van der Waals surface area contributed by atoms with E-state index in [4.69, 9.17) is 4.74 Å². The van der Waals surface area contributed by atoms with E-state index in [0.29, 0.717) is 0 Å². The van der Waals surface area contributed by atoms with Crippen LogP contribution in [0.5, 0.6) is 5.75 Å². The van der Waals surface area contributed by atoms with Gasteiger partial charge in [-0.3, -0.25) is 9.89 Å². The highest BCUT2D eigenvalue weighted by atomic mass is 16.5. The lowest BCUT2D eigenvalue weighted by atomic mass is 10.1. The first-order valence-corrected chi connectivity index (χ1v) is 8.22. The van der Waals surface area contributed by atoms with Gasteiger partial charge in [0.25, 0.3) is 0 Å². The van der Waals surface area contributed by atoms with Crippen LogP contribution in [-0.2, 0) is 11.2 Å². The number of carbonyl (C=O) groups is 1. The summed E-state index contributed by atoms with van der Waals surface area (Å²) >= 11 is 0. The highest BCUT2D eigenvalue weighted by molar-refractivity contribution is 5.92. The zero-order valence-electron chi connectivity index (χ0n) is 14.3. The van der Waals surface area contributed by atoms with Crippen molar-refractivity contribution in [1.82, 2.24) is 10.2 Å². The van der Waals surface area contributed by atoms with Crippen LogP contribution < -0.4 is 10.1 Å². The van der Waals surface area contributed by atoms with Gasteiger partial charge in [-0.05, 0) is 49.2 Å². The second kappa shape index (κ2) is 7.66. The van der Waals surface area contributed by atoms with Gasteiger partial charge in [0, 0.05) is 17.6 Å². The third kappa shape index (κ3) is 4.47. The van der Waals surface area contributed by atoms with Crippen molar-refractivity contribution < 1.29 is 9.53 Å². The summed E-state index contributed by atoms with van der Waals surface area (Å²) in [5, 5.41) is 9.54. The first-order chi connectivity index (χ1) is 12.1. The molecule has 5 nitrogen and oxygen atoms in total. The lowest BCUT2D eigenvalue weighted by Gasteiger charge is -2.16. The molecule has 1 amide bonds. The van der Waals surface area contributed by atoms with Crippen LogP contribution in [0.2, 0.25) is 0 Å². The fourth-order valence-corrected chi connectivity index (χ4v) is 2.60. The maximum absolute atomic E-state index is 12.1. The molecule has 0 aliphatic carbocycles. The molecule has 0 radical (unpaired) electrons.